The summed E-state index contributed by atoms with van der Waals surface area (Å²) >= 11 is 3.12. The van der Waals surface area contributed by atoms with E-state index in [2.05, 4.69) is 31.4 Å². The molecule has 2 aromatic rings. The monoisotopic (exact) mass is 324 g/mol. The van der Waals surface area contributed by atoms with Gasteiger partial charge in [0.1, 0.15) is 5.82 Å². The molecule has 0 unspecified atom stereocenters. The molecule has 1 aromatic carbocycles. The van der Waals surface area contributed by atoms with Gasteiger partial charge >= 0.3 is 0 Å². The number of carbonyl (C=O) groups is 1. The van der Waals surface area contributed by atoms with E-state index in [1.165, 1.54) is 6.07 Å². The zero-order valence-electron chi connectivity index (χ0n) is 9.73. The molecule has 98 valence electrons. The third-order valence-corrected chi connectivity index (χ3v) is 3.04. The lowest BCUT2D eigenvalue weighted by Crippen LogP contribution is -2.24. The maximum absolute atomic E-state index is 13.2. The van der Waals surface area contributed by atoms with E-state index < -0.39 is 5.82 Å². The molecule has 3 N–H and O–H groups in total. The Hall–Kier alpha value is -2.02. The van der Waals surface area contributed by atoms with Gasteiger partial charge in [-0.25, -0.2) is 4.39 Å². The number of nitrogen functional groups attached to an aromatic ring is 1. The van der Waals surface area contributed by atoms with Crippen LogP contribution in [0.1, 0.15) is 16.1 Å². The molecule has 0 spiro atoms. The number of halogens is 2. The summed E-state index contributed by atoms with van der Waals surface area (Å²) in [7, 11) is 0. The Morgan fingerprint density at radius 1 is 1.47 bits per heavy atom. The van der Waals surface area contributed by atoms with E-state index in [9.17, 15) is 9.18 Å². The van der Waals surface area contributed by atoms with E-state index in [-0.39, 0.29) is 23.7 Å². The number of benzene rings is 1. The molecule has 7 heteroatoms. The van der Waals surface area contributed by atoms with Gasteiger partial charge in [0.2, 0.25) is 0 Å². The molecular formula is C12H10BrFN4O. The second-order valence-electron chi connectivity index (χ2n) is 3.75. The number of nitrogens with one attached hydrogen (secondary N) is 1. The highest BCUT2D eigenvalue weighted by molar-refractivity contribution is 9.10. The van der Waals surface area contributed by atoms with Crippen LogP contribution in [0.15, 0.2) is 34.9 Å². The van der Waals surface area contributed by atoms with Crippen LogP contribution in [-0.4, -0.2) is 16.1 Å². The maximum atomic E-state index is 13.2. The van der Waals surface area contributed by atoms with Gasteiger partial charge in [-0.15, -0.1) is 0 Å². The predicted octanol–water partition coefficient (Wildman–Crippen LogP) is 1.89. The summed E-state index contributed by atoms with van der Waals surface area (Å²) in [6.07, 6.45) is 1.54. The van der Waals surface area contributed by atoms with Crippen molar-refractivity contribution in [3.05, 3.63) is 52.0 Å². The first kappa shape index (κ1) is 13.4. The van der Waals surface area contributed by atoms with Crippen LogP contribution in [0.3, 0.4) is 0 Å². The van der Waals surface area contributed by atoms with Crippen LogP contribution >= 0.6 is 15.9 Å². The summed E-state index contributed by atoms with van der Waals surface area (Å²) in [4.78, 5) is 11.9. The van der Waals surface area contributed by atoms with Gasteiger partial charge in [0.15, 0.2) is 0 Å². The van der Waals surface area contributed by atoms with E-state index in [0.29, 0.717) is 10.2 Å². The predicted molar refractivity (Wildman–Crippen MR) is 71.7 cm³/mol. The Kier molecular flexibility index (Phi) is 4.06. The standard InChI is InChI=1S/C12H10BrFN4O/c13-9-5-10(14)11(15)4-8(9)12(19)16-6-7-2-1-3-17-18-7/h1-5H,6,15H2,(H,16,19). The Bertz CT molecular complexity index is 606. The lowest BCUT2D eigenvalue weighted by Gasteiger charge is -2.07. The summed E-state index contributed by atoms with van der Waals surface area (Å²) in [5.74, 6) is -0.943. The van der Waals surface area contributed by atoms with Gasteiger partial charge in [0.25, 0.3) is 5.91 Å². The van der Waals surface area contributed by atoms with Gasteiger partial charge in [0.05, 0.1) is 23.5 Å². The number of nitrogens with two attached hydrogens (primary N) is 1. The lowest BCUT2D eigenvalue weighted by atomic mass is 10.2. The summed E-state index contributed by atoms with van der Waals surface area (Å²) in [6, 6.07) is 5.90. The second-order valence-corrected chi connectivity index (χ2v) is 4.61. The van der Waals surface area contributed by atoms with Crippen molar-refractivity contribution in [3.8, 4) is 0 Å². The molecule has 0 aliphatic rings. The quantitative estimate of drug-likeness (QED) is 0.845. The van der Waals surface area contributed by atoms with Gasteiger partial charge in [0, 0.05) is 10.7 Å². The number of nitrogens with zero attached hydrogens (tertiary/aromatic N) is 2. The minimum Gasteiger partial charge on any atom is -0.396 e. The molecule has 0 atom stereocenters. The van der Waals surface area contributed by atoms with Crippen LogP contribution in [0.4, 0.5) is 10.1 Å². The molecule has 1 heterocycles. The first-order valence-electron chi connectivity index (χ1n) is 5.37. The maximum Gasteiger partial charge on any atom is 0.252 e. The molecule has 1 aromatic heterocycles. The molecule has 0 saturated carbocycles. The van der Waals surface area contributed by atoms with E-state index in [0.717, 1.165) is 6.07 Å². The van der Waals surface area contributed by atoms with Crippen LogP contribution in [0, 0.1) is 5.82 Å². The van der Waals surface area contributed by atoms with Crippen LogP contribution in [0.5, 0.6) is 0 Å². The second kappa shape index (κ2) is 5.75. The van der Waals surface area contributed by atoms with Crippen molar-refractivity contribution in [1.82, 2.24) is 15.5 Å². The number of rotatable bonds is 3. The molecule has 0 saturated heterocycles. The van der Waals surface area contributed by atoms with Crippen LogP contribution in [0.2, 0.25) is 0 Å². The van der Waals surface area contributed by atoms with Crippen molar-refractivity contribution in [2.24, 2.45) is 0 Å². The largest absolute Gasteiger partial charge is 0.396 e. The molecule has 19 heavy (non-hydrogen) atoms. The number of hydrogen-bond donors (Lipinski definition) is 2. The average molecular weight is 325 g/mol. The van der Waals surface area contributed by atoms with Crippen molar-refractivity contribution in [2.75, 3.05) is 5.73 Å². The highest BCUT2D eigenvalue weighted by Crippen LogP contribution is 2.22. The van der Waals surface area contributed by atoms with Crippen molar-refractivity contribution in [2.45, 2.75) is 6.54 Å². The first-order valence-corrected chi connectivity index (χ1v) is 6.16. The summed E-state index contributed by atoms with van der Waals surface area (Å²) in [6.45, 7) is 0.233. The number of aromatic nitrogens is 2. The van der Waals surface area contributed by atoms with Crippen LogP contribution < -0.4 is 11.1 Å². The van der Waals surface area contributed by atoms with Crippen molar-refractivity contribution >= 4 is 27.5 Å². The van der Waals surface area contributed by atoms with Gasteiger partial charge in [-0.3, -0.25) is 4.79 Å². The SMILES string of the molecule is Nc1cc(C(=O)NCc2cccnn2)c(Br)cc1F. The summed E-state index contributed by atoms with van der Waals surface area (Å²) in [5.41, 5.74) is 6.25. The molecule has 0 bridgehead atoms. The Morgan fingerprint density at radius 3 is 2.95 bits per heavy atom. The Morgan fingerprint density at radius 2 is 2.26 bits per heavy atom. The van der Waals surface area contributed by atoms with Crippen molar-refractivity contribution < 1.29 is 9.18 Å². The molecule has 0 radical (unpaired) electrons. The van der Waals surface area contributed by atoms with Gasteiger partial charge < -0.3 is 11.1 Å². The zero-order chi connectivity index (χ0) is 13.8. The Balaban J connectivity index is 2.10. The lowest BCUT2D eigenvalue weighted by molar-refractivity contribution is 0.0949. The zero-order valence-corrected chi connectivity index (χ0v) is 11.3. The number of hydrogen-bond acceptors (Lipinski definition) is 4. The highest BCUT2D eigenvalue weighted by atomic mass is 79.9. The van der Waals surface area contributed by atoms with Crippen LogP contribution in [0.25, 0.3) is 0 Å². The average Bonchev–Trinajstić information content (AvgIpc) is 2.41. The fourth-order valence-corrected chi connectivity index (χ4v) is 1.93. The molecule has 0 aliphatic heterocycles. The molecule has 1 amide bonds. The van der Waals surface area contributed by atoms with E-state index >= 15 is 0 Å². The molecule has 0 aliphatic carbocycles. The molecule has 5 nitrogen and oxygen atoms in total. The molecule has 0 fully saturated rings. The van der Waals surface area contributed by atoms with Gasteiger partial charge in [-0.05, 0) is 40.2 Å². The summed E-state index contributed by atoms with van der Waals surface area (Å²) < 4.78 is 13.5. The normalized spacial score (nSPS) is 10.2. The van der Waals surface area contributed by atoms with Crippen molar-refractivity contribution in [3.63, 3.8) is 0 Å². The fourth-order valence-electron chi connectivity index (χ4n) is 1.43. The van der Waals surface area contributed by atoms with Crippen molar-refractivity contribution in [1.29, 1.82) is 0 Å². The summed E-state index contributed by atoms with van der Waals surface area (Å²) in [5, 5.41) is 10.2. The van der Waals surface area contributed by atoms with E-state index in [1.54, 1.807) is 18.3 Å². The first-order chi connectivity index (χ1) is 9.08. The number of amides is 1. The Labute approximate surface area is 117 Å². The van der Waals surface area contributed by atoms with Gasteiger partial charge in [-0.2, -0.15) is 10.2 Å². The minimum absolute atomic E-state index is 0.0761. The molecule has 2 rings (SSSR count). The third-order valence-electron chi connectivity index (χ3n) is 2.39. The van der Waals surface area contributed by atoms with Gasteiger partial charge in [-0.1, -0.05) is 0 Å². The number of anilines is 1. The number of carbonyl (C=O) groups excluding carboxylic acids is 1. The molecular weight excluding hydrogens is 315 g/mol. The minimum atomic E-state index is -0.572. The smallest absolute Gasteiger partial charge is 0.252 e. The van der Waals surface area contributed by atoms with E-state index in [1.807, 2.05) is 0 Å². The topological polar surface area (TPSA) is 80.9 Å². The van der Waals surface area contributed by atoms with E-state index in [4.69, 9.17) is 5.73 Å². The highest BCUT2D eigenvalue weighted by Gasteiger charge is 2.13. The van der Waals surface area contributed by atoms with Crippen LogP contribution in [-0.2, 0) is 6.54 Å². The fraction of sp³-hybridized carbons (Fsp3) is 0.0833. The third kappa shape index (κ3) is 3.25.